The average molecular weight is 384 g/mol. The molecule has 1 fully saturated rings. The summed E-state index contributed by atoms with van der Waals surface area (Å²) in [5.74, 6) is 2.35. The molecule has 0 spiro atoms. The molecule has 0 bridgehead atoms. The summed E-state index contributed by atoms with van der Waals surface area (Å²) >= 11 is 0. The van der Waals surface area contributed by atoms with Gasteiger partial charge in [0.05, 0.1) is 26.3 Å². The van der Waals surface area contributed by atoms with Gasteiger partial charge in [-0.3, -0.25) is 9.78 Å². The third-order valence-electron chi connectivity index (χ3n) is 5.16. The molecule has 0 N–H and O–H groups in total. The van der Waals surface area contributed by atoms with Crippen LogP contribution in [0.15, 0.2) is 36.8 Å². The molecule has 1 amide bonds. The summed E-state index contributed by atoms with van der Waals surface area (Å²) in [6.45, 7) is 4.82. The molecule has 1 unspecified atom stereocenters. The molecular weight excluding hydrogens is 356 g/mol. The van der Waals surface area contributed by atoms with Gasteiger partial charge in [0, 0.05) is 38.6 Å². The first-order valence-electron chi connectivity index (χ1n) is 9.67. The van der Waals surface area contributed by atoms with E-state index in [0.717, 1.165) is 30.8 Å². The van der Waals surface area contributed by atoms with Crippen molar-refractivity contribution in [3.05, 3.63) is 42.4 Å². The molecule has 7 heteroatoms. The molecule has 2 aromatic rings. The number of aromatic nitrogens is 2. The predicted molar refractivity (Wildman–Crippen MR) is 108 cm³/mol. The zero-order valence-electron chi connectivity index (χ0n) is 16.8. The largest absolute Gasteiger partial charge is 0.493 e. The molecule has 1 aliphatic rings. The first-order chi connectivity index (χ1) is 13.7. The Bertz CT molecular complexity index is 784. The summed E-state index contributed by atoms with van der Waals surface area (Å²) in [6, 6.07) is 5.79. The van der Waals surface area contributed by atoms with Crippen LogP contribution in [0.3, 0.4) is 0 Å². The highest BCUT2D eigenvalue weighted by molar-refractivity contribution is 5.79. The molecular formula is C21H28N4O3. The lowest BCUT2D eigenvalue weighted by atomic mass is 9.96. The molecule has 0 radical (unpaired) electrons. The Labute approximate surface area is 166 Å². The Morgan fingerprint density at radius 2 is 2.07 bits per heavy atom. The summed E-state index contributed by atoms with van der Waals surface area (Å²) in [5.41, 5.74) is 1.02. The van der Waals surface area contributed by atoms with Crippen molar-refractivity contribution in [3.8, 4) is 11.5 Å². The van der Waals surface area contributed by atoms with Crippen LogP contribution >= 0.6 is 0 Å². The molecule has 1 aromatic carbocycles. The van der Waals surface area contributed by atoms with Crippen LogP contribution in [0.25, 0.3) is 0 Å². The zero-order chi connectivity index (χ0) is 19.9. The van der Waals surface area contributed by atoms with E-state index in [2.05, 4.69) is 14.9 Å². The van der Waals surface area contributed by atoms with Crippen LogP contribution in [0.4, 0.5) is 5.82 Å². The van der Waals surface area contributed by atoms with Gasteiger partial charge in [-0.2, -0.15) is 0 Å². The van der Waals surface area contributed by atoms with Crippen molar-refractivity contribution in [2.75, 3.05) is 38.8 Å². The number of hydrogen-bond donors (Lipinski definition) is 0. The predicted octanol–water partition coefficient (Wildman–Crippen LogP) is 2.76. The van der Waals surface area contributed by atoms with E-state index in [1.54, 1.807) is 32.8 Å². The second kappa shape index (κ2) is 9.39. The van der Waals surface area contributed by atoms with Gasteiger partial charge >= 0.3 is 0 Å². The van der Waals surface area contributed by atoms with Crippen molar-refractivity contribution in [2.45, 2.75) is 26.3 Å². The molecule has 3 rings (SSSR count). The Hall–Kier alpha value is -2.83. The maximum absolute atomic E-state index is 13.2. The van der Waals surface area contributed by atoms with Crippen molar-refractivity contribution in [3.63, 3.8) is 0 Å². The fourth-order valence-electron chi connectivity index (χ4n) is 3.64. The standard InChI is InChI=1S/C21H28N4O3/c1-4-24(14-16-7-8-18(27-2)19(12-16)28-3)21(26)17-6-5-11-25(15-17)20-13-22-9-10-23-20/h7-10,12-13,17H,4-6,11,14-15H2,1-3H3. The Morgan fingerprint density at radius 3 is 2.75 bits per heavy atom. The lowest BCUT2D eigenvalue weighted by Crippen LogP contribution is -2.45. The Balaban J connectivity index is 1.69. The van der Waals surface area contributed by atoms with E-state index < -0.39 is 0 Å². The highest BCUT2D eigenvalue weighted by Gasteiger charge is 2.29. The third kappa shape index (κ3) is 4.52. The van der Waals surface area contributed by atoms with Crippen molar-refractivity contribution < 1.29 is 14.3 Å². The summed E-state index contributed by atoms with van der Waals surface area (Å²) in [6.07, 6.45) is 6.99. The van der Waals surface area contributed by atoms with Gasteiger partial charge in [0.15, 0.2) is 11.5 Å². The SMILES string of the molecule is CCN(Cc1ccc(OC)c(OC)c1)C(=O)C1CCCN(c2cnccn2)C1. The first-order valence-corrected chi connectivity index (χ1v) is 9.67. The number of amides is 1. The molecule has 0 aliphatic carbocycles. The second-order valence-corrected chi connectivity index (χ2v) is 6.89. The number of carbonyl (C=O) groups is 1. The number of methoxy groups -OCH3 is 2. The first kappa shape index (κ1) is 19.9. The van der Waals surface area contributed by atoms with Gasteiger partial charge in [-0.25, -0.2) is 4.98 Å². The van der Waals surface area contributed by atoms with Gasteiger partial charge in [0.2, 0.25) is 5.91 Å². The number of nitrogens with zero attached hydrogens (tertiary/aromatic N) is 4. The van der Waals surface area contributed by atoms with E-state index in [9.17, 15) is 4.79 Å². The number of ether oxygens (including phenoxy) is 2. The van der Waals surface area contributed by atoms with Crippen molar-refractivity contribution >= 4 is 11.7 Å². The van der Waals surface area contributed by atoms with Crippen LogP contribution < -0.4 is 14.4 Å². The van der Waals surface area contributed by atoms with E-state index in [1.807, 2.05) is 30.0 Å². The minimum Gasteiger partial charge on any atom is -0.493 e. The van der Waals surface area contributed by atoms with Gasteiger partial charge in [-0.05, 0) is 37.5 Å². The van der Waals surface area contributed by atoms with Gasteiger partial charge in [-0.1, -0.05) is 6.07 Å². The summed E-state index contributed by atoms with van der Waals surface area (Å²) in [7, 11) is 3.23. The quantitative estimate of drug-likeness (QED) is 0.731. The molecule has 1 aromatic heterocycles. The monoisotopic (exact) mass is 384 g/mol. The second-order valence-electron chi connectivity index (χ2n) is 6.89. The van der Waals surface area contributed by atoms with Gasteiger partial charge in [0.1, 0.15) is 5.82 Å². The van der Waals surface area contributed by atoms with Crippen molar-refractivity contribution in [1.82, 2.24) is 14.9 Å². The van der Waals surface area contributed by atoms with Crippen LogP contribution in [0.1, 0.15) is 25.3 Å². The van der Waals surface area contributed by atoms with Crippen molar-refractivity contribution in [1.29, 1.82) is 0 Å². The summed E-state index contributed by atoms with van der Waals surface area (Å²) in [5, 5.41) is 0. The summed E-state index contributed by atoms with van der Waals surface area (Å²) in [4.78, 5) is 25.8. The molecule has 0 saturated carbocycles. The number of rotatable bonds is 7. The summed E-state index contributed by atoms with van der Waals surface area (Å²) < 4.78 is 10.7. The van der Waals surface area contributed by atoms with E-state index in [-0.39, 0.29) is 11.8 Å². The maximum Gasteiger partial charge on any atom is 0.227 e. The molecule has 2 heterocycles. The molecule has 1 atom stereocenters. The zero-order valence-corrected chi connectivity index (χ0v) is 16.8. The van der Waals surface area contributed by atoms with E-state index in [4.69, 9.17) is 9.47 Å². The number of carbonyl (C=O) groups excluding carboxylic acids is 1. The van der Waals surface area contributed by atoms with E-state index >= 15 is 0 Å². The molecule has 7 nitrogen and oxygen atoms in total. The van der Waals surface area contributed by atoms with Crippen LogP contribution in [0, 0.1) is 5.92 Å². The highest BCUT2D eigenvalue weighted by atomic mass is 16.5. The number of anilines is 1. The van der Waals surface area contributed by atoms with Gasteiger partial charge in [-0.15, -0.1) is 0 Å². The fraction of sp³-hybridized carbons (Fsp3) is 0.476. The lowest BCUT2D eigenvalue weighted by Gasteiger charge is -2.35. The van der Waals surface area contributed by atoms with E-state index in [0.29, 0.717) is 31.1 Å². The van der Waals surface area contributed by atoms with Crippen LogP contribution in [0.2, 0.25) is 0 Å². The van der Waals surface area contributed by atoms with Crippen LogP contribution in [-0.4, -0.2) is 54.6 Å². The molecule has 150 valence electrons. The number of hydrogen-bond acceptors (Lipinski definition) is 6. The third-order valence-corrected chi connectivity index (χ3v) is 5.16. The fourth-order valence-corrected chi connectivity index (χ4v) is 3.64. The molecule has 1 saturated heterocycles. The minimum absolute atomic E-state index is 0.0316. The minimum atomic E-state index is -0.0316. The molecule has 1 aliphatic heterocycles. The topological polar surface area (TPSA) is 67.8 Å². The number of piperidine rings is 1. The molecule has 28 heavy (non-hydrogen) atoms. The Kier molecular flexibility index (Phi) is 6.68. The van der Waals surface area contributed by atoms with Gasteiger partial charge < -0.3 is 19.3 Å². The number of benzene rings is 1. The Morgan fingerprint density at radius 1 is 1.25 bits per heavy atom. The average Bonchev–Trinajstić information content (AvgIpc) is 2.77. The normalized spacial score (nSPS) is 16.5. The van der Waals surface area contributed by atoms with E-state index in [1.165, 1.54) is 0 Å². The van der Waals surface area contributed by atoms with Gasteiger partial charge in [0.25, 0.3) is 0 Å². The smallest absolute Gasteiger partial charge is 0.227 e. The van der Waals surface area contributed by atoms with Crippen LogP contribution in [-0.2, 0) is 11.3 Å². The van der Waals surface area contributed by atoms with Crippen molar-refractivity contribution in [2.24, 2.45) is 5.92 Å². The highest BCUT2D eigenvalue weighted by Crippen LogP contribution is 2.29. The van der Waals surface area contributed by atoms with Crippen LogP contribution in [0.5, 0.6) is 11.5 Å². The maximum atomic E-state index is 13.2. The lowest BCUT2D eigenvalue weighted by molar-refractivity contribution is -0.136.